The van der Waals surface area contributed by atoms with Gasteiger partial charge in [-0.15, -0.1) is 0 Å². The average molecular weight is 281 g/mol. The maximum atomic E-state index is 4.89. The maximum Gasteiger partial charge on any atom is 0.0980 e. The number of fused-ring (bicyclic) bond motifs is 6. The Labute approximate surface area is 126 Å². The molecule has 0 unspecified atom stereocenters. The van der Waals surface area contributed by atoms with E-state index in [9.17, 15) is 0 Å². The Morgan fingerprint density at radius 2 is 1.41 bits per heavy atom. The van der Waals surface area contributed by atoms with E-state index in [0.717, 1.165) is 32.8 Å². The molecule has 0 amide bonds. The van der Waals surface area contributed by atoms with E-state index in [2.05, 4.69) is 52.4 Å². The molecule has 0 spiro atoms. The Kier molecular flexibility index (Phi) is 2.22. The number of pyridine rings is 1. The largest absolute Gasteiger partial charge is 0.253 e. The summed E-state index contributed by atoms with van der Waals surface area (Å²) in [7, 11) is 0. The topological polar surface area (TPSA) is 38.7 Å². The quantitative estimate of drug-likeness (QED) is 0.310. The third-order valence-electron chi connectivity index (χ3n) is 4.12. The second kappa shape index (κ2) is 4.21. The highest BCUT2D eigenvalue weighted by Crippen LogP contribution is 2.29. The van der Waals surface area contributed by atoms with Gasteiger partial charge < -0.3 is 0 Å². The molecule has 0 aliphatic carbocycles. The Morgan fingerprint density at radius 1 is 0.591 bits per heavy atom. The zero-order chi connectivity index (χ0) is 14.5. The van der Waals surface area contributed by atoms with Crippen LogP contribution in [0.25, 0.3) is 43.6 Å². The molecular weight excluding hydrogens is 270 g/mol. The van der Waals surface area contributed by atoms with E-state index in [-0.39, 0.29) is 0 Å². The molecule has 5 aromatic rings. The van der Waals surface area contributed by atoms with Gasteiger partial charge in [0.05, 0.1) is 22.1 Å². The summed E-state index contributed by atoms with van der Waals surface area (Å²) in [6.45, 7) is 0. The lowest BCUT2D eigenvalue weighted by molar-refractivity contribution is 1.30. The molecule has 22 heavy (non-hydrogen) atoms. The SMILES string of the molecule is c1ccc2c(c1)ccc1cc3c(ccc4nccnc43)nc12. The molecule has 0 aliphatic heterocycles. The first kappa shape index (κ1) is 11.6. The monoisotopic (exact) mass is 281 g/mol. The number of nitrogens with zero attached hydrogens (tertiary/aromatic N) is 3. The normalized spacial score (nSPS) is 11.6. The third kappa shape index (κ3) is 1.53. The number of hydrogen-bond acceptors (Lipinski definition) is 3. The second-order valence-electron chi connectivity index (χ2n) is 5.40. The van der Waals surface area contributed by atoms with Crippen LogP contribution in [0.1, 0.15) is 0 Å². The summed E-state index contributed by atoms with van der Waals surface area (Å²) in [4.78, 5) is 13.7. The molecule has 0 fully saturated rings. The molecule has 0 bridgehead atoms. The Balaban J connectivity index is 2.02. The van der Waals surface area contributed by atoms with E-state index < -0.39 is 0 Å². The lowest BCUT2D eigenvalue weighted by Crippen LogP contribution is -1.88. The van der Waals surface area contributed by atoms with Gasteiger partial charge >= 0.3 is 0 Å². The molecule has 5 rings (SSSR count). The van der Waals surface area contributed by atoms with Crippen molar-refractivity contribution in [2.75, 3.05) is 0 Å². The van der Waals surface area contributed by atoms with Crippen molar-refractivity contribution in [1.82, 2.24) is 15.0 Å². The van der Waals surface area contributed by atoms with E-state index in [4.69, 9.17) is 4.98 Å². The van der Waals surface area contributed by atoms with Crippen molar-refractivity contribution in [3.8, 4) is 0 Å². The third-order valence-corrected chi connectivity index (χ3v) is 4.12. The van der Waals surface area contributed by atoms with Crippen molar-refractivity contribution in [3.05, 3.63) is 67.0 Å². The fourth-order valence-corrected chi connectivity index (χ4v) is 3.08. The molecule has 0 radical (unpaired) electrons. The van der Waals surface area contributed by atoms with E-state index >= 15 is 0 Å². The molecule has 3 heteroatoms. The van der Waals surface area contributed by atoms with Crippen molar-refractivity contribution in [2.24, 2.45) is 0 Å². The summed E-state index contributed by atoms with van der Waals surface area (Å²) in [5.41, 5.74) is 3.80. The van der Waals surface area contributed by atoms with Gasteiger partial charge in [-0.1, -0.05) is 36.4 Å². The lowest BCUT2D eigenvalue weighted by Gasteiger charge is -2.07. The molecule has 0 atom stereocenters. The van der Waals surface area contributed by atoms with Gasteiger partial charge in [0, 0.05) is 28.6 Å². The van der Waals surface area contributed by atoms with Crippen LogP contribution in [-0.2, 0) is 0 Å². The molecule has 2 heterocycles. The van der Waals surface area contributed by atoms with E-state index in [1.807, 2.05) is 12.1 Å². The van der Waals surface area contributed by atoms with Crippen LogP contribution in [0.2, 0.25) is 0 Å². The van der Waals surface area contributed by atoms with Crippen molar-refractivity contribution < 1.29 is 0 Å². The smallest absolute Gasteiger partial charge is 0.0980 e. The number of benzene rings is 3. The molecule has 0 aliphatic rings. The number of aromatic nitrogens is 3. The van der Waals surface area contributed by atoms with Gasteiger partial charge in [-0.25, -0.2) is 4.98 Å². The van der Waals surface area contributed by atoms with Gasteiger partial charge in [-0.2, -0.15) is 0 Å². The standard InChI is InChI=1S/C19H11N3/c1-2-4-14-12(3-1)5-6-13-11-15-16(22-18(13)14)7-8-17-19(15)21-10-9-20-17/h1-11H. The first-order valence-electron chi connectivity index (χ1n) is 7.22. The Hall–Kier alpha value is -3.07. The summed E-state index contributed by atoms with van der Waals surface area (Å²) in [6.07, 6.45) is 3.45. The Morgan fingerprint density at radius 3 is 2.41 bits per heavy atom. The van der Waals surface area contributed by atoms with Crippen molar-refractivity contribution in [2.45, 2.75) is 0 Å². The Bertz CT molecular complexity index is 1080. The van der Waals surface area contributed by atoms with Crippen molar-refractivity contribution >= 4 is 43.6 Å². The molecule has 3 nitrogen and oxygen atoms in total. The van der Waals surface area contributed by atoms with E-state index in [1.165, 1.54) is 10.8 Å². The fraction of sp³-hybridized carbons (Fsp3) is 0. The molecular formula is C19H11N3. The predicted molar refractivity (Wildman–Crippen MR) is 89.9 cm³/mol. The zero-order valence-electron chi connectivity index (χ0n) is 11.7. The van der Waals surface area contributed by atoms with Crippen LogP contribution in [0.15, 0.2) is 67.0 Å². The summed E-state index contributed by atoms with van der Waals surface area (Å²) in [6, 6.07) is 18.8. The van der Waals surface area contributed by atoms with Gasteiger partial charge in [0.25, 0.3) is 0 Å². The minimum Gasteiger partial charge on any atom is -0.253 e. The maximum absolute atomic E-state index is 4.89. The molecule has 0 N–H and O–H groups in total. The highest BCUT2D eigenvalue weighted by Gasteiger charge is 2.07. The van der Waals surface area contributed by atoms with Crippen molar-refractivity contribution in [3.63, 3.8) is 0 Å². The number of rotatable bonds is 0. The average Bonchev–Trinajstić information content (AvgIpc) is 2.60. The first-order valence-corrected chi connectivity index (χ1v) is 7.22. The van der Waals surface area contributed by atoms with Gasteiger partial charge in [0.15, 0.2) is 0 Å². The summed E-state index contributed by atoms with van der Waals surface area (Å²) >= 11 is 0. The summed E-state index contributed by atoms with van der Waals surface area (Å²) in [5, 5.41) is 4.57. The van der Waals surface area contributed by atoms with Crippen LogP contribution in [0.5, 0.6) is 0 Å². The van der Waals surface area contributed by atoms with Crippen LogP contribution >= 0.6 is 0 Å². The van der Waals surface area contributed by atoms with E-state index in [1.54, 1.807) is 12.4 Å². The zero-order valence-corrected chi connectivity index (χ0v) is 11.7. The summed E-state index contributed by atoms with van der Waals surface area (Å²) < 4.78 is 0. The lowest BCUT2D eigenvalue weighted by atomic mass is 10.0. The van der Waals surface area contributed by atoms with Gasteiger partial charge in [0.1, 0.15) is 0 Å². The van der Waals surface area contributed by atoms with Crippen molar-refractivity contribution in [1.29, 1.82) is 0 Å². The first-order chi connectivity index (χ1) is 10.9. The molecule has 102 valence electrons. The van der Waals surface area contributed by atoms with E-state index in [0.29, 0.717) is 0 Å². The predicted octanol–water partition coefficient (Wildman–Crippen LogP) is 4.48. The fourth-order valence-electron chi connectivity index (χ4n) is 3.08. The van der Waals surface area contributed by atoms with Gasteiger partial charge in [0.2, 0.25) is 0 Å². The van der Waals surface area contributed by atoms with Crippen LogP contribution in [0.4, 0.5) is 0 Å². The molecule has 2 aromatic heterocycles. The molecule has 3 aromatic carbocycles. The highest BCUT2D eigenvalue weighted by atomic mass is 14.8. The molecule has 0 saturated heterocycles. The van der Waals surface area contributed by atoms with Gasteiger partial charge in [-0.3, -0.25) is 9.97 Å². The van der Waals surface area contributed by atoms with Crippen LogP contribution in [-0.4, -0.2) is 15.0 Å². The molecule has 0 saturated carbocycles. The minimum absolute atomic E-state index is 0.900. The van der Waals surface area contributed by atoms with Gasteiger partial charge in [-0.05, 0) is 23.6 Å². The van der Waals surface area contributed by atoms with Crippen LogP contribution < -0.4 is 0 Å². The van der Waals surface area contributed by atoms with Crippen LogP contribution in [0.3, 0.4) is 0 Å². The summed E-state index contributed by atoms with van der Waals surface area (Å²) in [5.74, 6) is 0. The minimum atomic E-state index is 0.900. The second-order valence-corrected chi connectivity index (χ2v) is 5.40. The highest BCUT2D eigenvalue weighted by molar-refractivity contribution is 6.12. The van der Waals surface area contributed by atoms with Crippen LogP contribution in [0, 0.1) is 0 Å². The number of hydrogen-bond donors (Lipinski definition) is 0.